The Labute approximate surface area is 231 Å². The minimum absolute atomic E-state index is 0.0631. The van der Waals surface area contributed by atoms with Gasteiger partial charge in [0.2, 0.25) is 0 Å². The normalized spacial score (nSPS) is 12.1. The quantitative estimate of drug-likeness (QED) is 0.231. The van der Waals surface area contributed by atoms with Gasteiger partial charge in [-0.05, 0) is 59.9 Å². The molecule has 1 atom stereocenters. The van der Waals surface area contributed by atoms with E-state index in [2.05, 4.69) is 19.2 Å². The highest BCUT2D eigenvalue weighted by molar-refractivity contribution is 7.92. The van der Waals surface area contributed by atoms with E-state index in [4.69, 9.17) is 4.74 Å². The molecule has 4 aromatic rings. The van der Waals surface area contributed by atoms with Gasteiger partial charge in [0.15, 0.2) is 0 Å². The number of methoxy groups -OCH3 is 1. The molecule has 6 nitrogen and oxygen atoms in total. The number of carbonyl (C=O) groups excluding carboxylic acids is 1. The highest BCUT2D eigenvalue weighted by Gasteiger charge is 2.29. The van der Waals surface area contributed by atoms with E-state index < -0.39 is 10.0 Å². The second kappa shape index (κ2) is 12.6. The van der Waals surface area contributed by atoms with E-state index in [0.717, 1.165) is 17.5 Å². The summed E-state index contributed by atoms with van der Waals surface area (Å²) in [5, 5.41) is 3.17. The number of nitrogens with one attached hydrogen (secondary N) is 1. The van der Waals surface area contributed by atoms with Gasteiger partial charge in [-0.25, -0.2) is 8.42 Å². The zero-order valence-corrected chi connectivity index (χ0v) is 23.3. The van der Waals surface area contributed by atoms with E-state index in [1.54, 1.807) is 36.4 Å². The monoisotopic (exact) mass is 542 g/mol. The molecular formula is C32H34N2O4S. The number of hydrogen-bond donors (Lipinski definition) is 1. The molecule has 0 saturated carbocycles. The summed E-state index contributed by atoms with van der Waals surface area (Å²) in [6.45, 7) is 4.28. The molecule has 0 aliphatic carbocycles. The Morgan fingerprint density at radius 3 is 2.03 bits per heavy atom. The van der Waals surface area contributed by atoms with Gasteiger partial charge in [-0.2, -0.15) is 0 Å². The molecule has 7 heteroatoms. The van der Waals surface area contributed by atoms with Crippen LogP contribution >= 0.6 is 0 Å². The molecule has 0 saturated heterocycles. The lowest BCUT2D eigenvalue weighted by atomic mass is 9.96. The van der Waals surface area contributed by atoms with E-state index in [1.807, 2.05) is 60.7 Å². The van der Waals surface area contributed by atoms with Crippen LogP contribution in [0.3, 0.4) is 0 Å². The number of ether oxygens (including phenoxy) is 1. The molecule has 0 fully saturated rings. The Balaban J connectivity index is 1.76. The molecule has 0 bridgehead atoms. The maximum Gasteiger partial charge on any atom is 0.264 e. The average molecular weight is 543 g/mol. The van der Waals surface area contributed by atoms with Crippen LogP contribution < -0.4 is 14.4 Å². The lowest BCUT2D eigenvalue weighted by Crippen LogP contribution is -2.35. The predicted octanol–water partition coefficient (Wildman–Crippen LogP) is 6.61. The summed E-state index contributed by atoms with van der Waals surface area (Å²) in [6.07, 6.45) is 0.746. The lowest BCUT2D eigenvalue weighted by Gasteiger charge is -2.28. The van der Waals surface area contributed by atoms with Crippen molar-refractivity contribution < 1.29 is 17.9 Å². The lowest BCUT2D eigenvalue weighted by molar-refractivity contribution is 0.0932. The summed E-state index contributed by atoms with van der Waals surface area (Å²) >= 11 is 0. The van der Waals surface area contributed by atoms with Gasteiger partial charge in [0.25, 0.3) is 15.9 Å². The summed E-state index contributed by atoms with van der Waals surface area (Å²) in [4.78, 5) is 13.9. The van der Waals surface area contributed by atoms with Gasteiger partial charge in [-0.3, -0.25) is 9.10 Å². The number of amides is 1. The van der Waals surface area contributed by atoms with Crippen molar-refractivity contribution in [2.45, 2.75) is 37.8 Å². The molecule has 202 valence electrons. The van der Waals surface area contributed by atoms with Crippen molar-refractivity contribution in [1.82, 2.24) is 5.32 Å². The van der Waals surface area contributed by atoms with E-state index in [0.29, 0.717) is 17.4 Å². The maximum atomic E-state index is 14.1. The number of hydrogen-bond acceptors (Lipinski definition) is 4. The highest BCUT2D eigenvalue weighted by Crippen LogP contribution is 2.31. The van der Waals surface area contributed by atoms with Crippen molar-refractivity contribution >= 4 is 21.6 Å². The molecule has 0 aliphatic rings. The number of anilines is 1. The van der Waals surface area contributed by atoms with Gasteiger partial charge in [-0.1, -0.05) is 86.6 Å². The molecule has 0 radical (unpaired) electrons. The third-order valence-electron chi connectivity index (χ3n) is 6.45. The van der Waals surface area contributed by atoms with Crippen molar-refractivity contribution in [3.8, 4) is 5.75 Å². The highest BCUT2D eigenvalue weighted by atomic mass is 32.2. The first-order valence-electron chi connectivity index (χ1n) is 12.9. The first kappa shape index (κ1) is 27.9. The van der Waals surface area contributed by atoms with Crippen LogP contribution in [-0.2, 0) is 16.6 Å². The van der Waals surface area contributed by atoms with Crippen molar-refractivity contribution in [3.05, 3.63) is 126 Å². The minimum Gasteiger partial charge on any atom is -0.497 e. The van der Waals surface area contributed by atoms with E-state index in [-0.39, 0.29) is 29.0 Å². The van der Waals surface area contributed by atoms with Gasteiger partial charge >= 0.3 is 0 Å². The topological polar surface area (TPSA) is 75.7 Å². The van der Waals surface area contributed by atoms with Crippen LogP contribution in [0.1, 0.15) is 47.8 Å². The third-order valence-corrected chi connectivity index (χ3v) is 8.22. The zero-order valence-electron chi connectivity index (χ0n) is 22.4. The van der Waals surface area contributed by atoms with Gasteiger partial charge in [-0.15, -0.1) is 0 Å². The summed E-state index contributed by atoms with van der Waals surface area (Å²) < 4.78 is 34.6. The molecule has 0 aliphatic heterocycles. The van der Waals surface area contributed by atoms with Crippen molar-refractivity contribution in [3.63, 3.8) is 0 Å². The zero-order chi connectivity index (χ0) is 27.8. The van der Waals surface area contributed by atoms with Gasteiger partial charge < -0.3 is 10.1 Å². The first-order chi connectivity index (χ1) is 18.8. The Bertz CT molecular complexity index is 1470. The molecule has 0 spiro atoms. The first-order valence-corrected chi connectivity index (χ1v) is 14.4. The van der Waals surface area contributed by atoms with Crippen LogP contribution in [0.25, 0.3) is 0 Å². The molecule has 0 unspecified atom stereocenters. The number of sulfonamides is 1. The fraction of sp³-hybridized carbons (Fsp3) is 0.219. The van der Waals surface area contributed by atoms with Crippen LogP contribution in [0.5, 0.6) is 5.75 Å². The summed E-state index contributed by atoms with van der Waals surface area (Å²) in [5.74, 6) is 0.569. The molecular weight excluding hydrogens is 508 g/mol. The SMILES string of the molecule is COc1ccc(S(=O)(=O)N(Cc2ccccc2)c2ccccc2C(=O)N[C@H](CC(C)C)c2ccccc2)cc1. The molecule has 1 N–H and O–H groups in total. The molecule has 39 heavy (non-hydrogen) atoms. The van der Waals surface area contributed by atoms with Crippen LogP contribution in [0.15, 0.2) is 114 Å². The standard InChI is InChI=1S/C32H34N2O4S/c1-24(2)22-30(26-14-8-5-9-15-26)33-32(35)29-16-10-11-17-31(29)34(23-25-12-6-4-7-13-25)39(36,37)28-20-18-27(38-3)19-21-28/h4-21,24,30H,22-23H2,1-3H3,(H,33,35)/t30-/m1/s1. The van der Waals surface area contributed by atoms with Gasteiger partial charge in [0.05, 0.1) is 35.8 Å². The molecule has 0 aromatic heterocycles. The van der Waals surface area contributed by atoms with E-state index in [1.165, 1.54) is 23.5 Å². The largest absolute Gasteiger partial charge is 0.497 e. The second-order valence-electron chi connectivity index (χ2n) is 9.76. The Kier molecular flexibility index (Phi) is 9.04. The minimum atomic E-state index is -4.04. The summed E-state index contributed by atoms with van der Waals surface area (Å²) in [7, 11) is -2.51. The fourth-order valence-corrected chi connectivity index (χ4v) is 5.95. The van der Waals surface area contributed by atoms with E-state index >= 15 is 0 Å². The number of benzene rings is 4. The van der Waals surface area contributed by atoms with Gasteiger partial charge in [0.1, 0.15) is 5.75 Å². The van der Waals surface area contributed by atoms with Crippen LogP contribution in [0.4, 0.5) is 5.69 Å². The van der Waals surface area contributed by atoms with Crippen LogP contribution in [0, 0.1) is 5.92 Å². The van der Waals surface area contributed by atoms with E-state index in [9.17, 15) is 13.2 Å². The fourth-order valence-electron chi connectivity index (χ4n) is 4.48. The van der Waals surface area contributed by atoms with Crippen LogP contribution in [-0.4, -0.2) is 21.4 Å². The Morgan fingerprint density at radius 2 is 1.41 bits per heavy atom. The molecule has 4 aromatic carbocycles. The Morgan fingerprint density at radius 1 is 0.821 bits per heavy atom. The molecule has 0 heterocycles. The number of carbonyl (C=O) groups is 1. The third kappa shape index (κ3) is 6.86. The molecule has 1 amide bonds. The number of nitrogens with zero attached hydrogens (tertiary/aromatic N) is 1. The molecule has 4 rings (SSSR count). The maximum absolute atomic E-state index is 14.1. The Hall–Kier alpha value is -4.10. The predicted molar refractivity (Wildman–Crippen MR) is 155 cm³/mol. The van der Waals surface area contributed by atoms with Crippen LogP contribution in [0.2, 0.25) is 0 Å². The number of rotatable bonds is 11. The van der Waals surface area contributed by atoms with Crippen molar-refractivity contribution in [2.24, 2.45) is 5.92 Å². The summed E-state index contributed by atoms with van der Waals surface area (Å²) in [6, 6.07) is 32.1. The average Bonchev–Trinajstić information content (AvgIpc) is 2.96. The smallest absolute Gasteiger partial charge is 0.264 e. The van der Waals surface area contributed by atoms with Crippen molar-refractivity contribution in [2.75, 3.05) is 11.4 Å². The second-order valence-corrected chi connectivity index (χ2v) is 11.6. The summed E-state index contributed by atoms with van der Waals surface area (Å²) in [5.41, 5.74) is 2.40. The van der Waals surface area contributed by atoms with Gasteiger partial charge in [0, 0.05) is 0 Å². The van der Waals surface area contributed by atoms with Crippen molar-refractivity contribution in [1.29, 1.82) is 0 Å². The number of para-hydroxylation sites is 1.